The van der Waals surface area contributed by atoms with E-state index in [9.17, 15) is 4.79 Å². The molecule has 27 heavy (non-hydrogen) atoms. The van der Waals surface area contributed by atoms with E-state index in [-0.39, 0.29) is 12.0 Å². The third-order valence-corrected chi connectivity index (χ3v) is 5.47. The first-order valence-electron chi connectivity index (χ1n) is 9.79. The fourth-order valence-corrected chi connectivity index (χ4v) is 3.96. The predicted molar refractivity (Wildman–Crippen MR) is 101 cm³/mol. The van der Waals surface area contributed by atoms with Crippen molar-refractivity contribution >= 4 is 5.91 Å². The van der Waals surface area contributed by atoms with Gasteiger partial charge in [0, 0.05) is 63.4 Å². The Morgan fingerprint density at radius 3 is 2.78 bits per heavy atom. The molecule has 0 saturated carbocycles. The van der Waals surface area contributed by atoms with Crippen molar-refractivity contribution in [2.45, 2.75) is 37.8 Å². The molecule has 0 radical (unpaired) electrons. The quantitative estimate of drug-likeness (QED) is 0.863. The highest BCUT2D eigenvalue weighted by Gasteiger charge is 2.28. The Bertz CT molecular complexity index is 734. The molecule has 1 unspecified atom stereocenters. The van der Waals surface area contributed by atoms with Crippen LogP contribution in [0, 0.1) is 0 Å². The summed E-state index contributed by atoms with van der Waals surface area (Å²) in [6.07, 6.45) is 9.98. The van der Waals surface area contributed by atoms with Gasteiger partial charge in [-0.25, -0.2) is 4.98 Å². The van der Waals surface area contributed by atoms with Crippen LogP contribution in [0.1, 0.15) is 36.6 Å². The van der Waals surface area contributed by atoms with Gasteiger partial charge < -0.3 is 19.5 Å². The van der Waals surface area contributed by atoms with Crippen molar-refractivity contribution in [2.75, 3.05) is 32.8 Å². The molecule has 2 aliphatic heterocycles. The molecule has 1 amide bonds. The summed E-state index contributed by atoms with van der Waals surface area (Å²) in [6.45, 7) is 4.75. The maximum absolute atomic E-state index is 12.6. The summed E-state index contributed by atoms with van der Waals surface area (Å²) in [5.41, 5.74) is 1.22. The van der Waals surface area contributed by atoms with Crippen LogP contribution >= 0.6 is 0 Å². The maximum atomic E-state index is 12.6. The second kappa shape index (κ2) is 8.63. The normalized spacial score (nSPS) is 21.3. The highest BCUT2D eigenvalue weighted by Crippen LogP contribution is 2.28. The number of nitrogens with zero attached hydrogens (tertiary/aromatic N) is 4. The minimum atomic E-state index is 0.0169. The number of carbonyl (C=O) groups excluding carboxylic acids is 1. The summed E-state index contributed by atoms with van der Waals surface area (Å²) < 4.78 is 7.89. The lowest BCUT2D eigenvalue weighted by Crippen LogP contribution is -2.44. The molecule has 0 aromatic carbocycles. The third-order valence-electron chi connectivity index (χ3n) is 5.47. The SMILES string of the molecule is O=C(CC1CNCCO1)N1CCC(c2nccn2Cc2ccncc2)CC1. The molecule has 2 fully saturated rings. The highest BCUT2D eigenvalue weighted by molar-refractivity contribution is 5.76. The Morgan fingerprint density at radius 1 is 1.22 bits per heavy atom. The zero-order valence-electron chi connectivity index (χ0n) is 15.6. The van der Waals surface area contributed by atoms with E-state index in [2.05, 4.69) is 19.9 Å². The Kier molecular flexibility index (Phi) is 5.79. The van der Waals surface area contributed by atoms with Gasteiger partial charge in [0.2, 0.25) is 5.91 Å². The number of pyridine rings is 1. The second-order valence-electron chi connectivity index (χ2n) is 7.32. The summed E-state index contributed by atoms with van der Waals surface area (Å²) in [6, 6.07) is 4.07. The fourth-order valence-electron chi connectivity index (χ4n) is 3.96. The number of ether oxygens (including phenoxy) is 1. The van der Waals surface area contributed by atoms with Gasteiger partial charge in [0.05, 0.1) is 19.1 Å². The Hall–Kier alpha value is -2.25. The second-order valence-corrected chi connectivity index (χ2v) is 7.32. The lowest BCUT2D eigenvalue weighted by Gasteiger charge is -2.33. The molecule has 7 nitrogen and oxygen atoms in total. The lowest BCUT2D eigenvalue weighted by molar-refractivity contribution is -0.135. The number of hydrogen-bond acceptors (Lipinski definition) is 5. The number of aromatic nitrogens is 3. The van der Waals surface area contributed by atoms with Crippen LogP contribution in [0.4, 0.5) is 0 Å². The van der Waals surface area contributed by atoms with Crippen molar-refractivity contribution in [2.24, 2.45) is 0 Å². The lowest BCUT2D eigenvalue weighted by atomic mass is 9.95. The van der Waals surface area contributed by atoms with Gasteiger partial charge in [-0.2, -0.15) is 0 Å². The van der Waals surface area contributed by atoms with E-state index in [1.54, 1.807) is 0 Å². The van der Waals surface area contributed by atoms with Gasteiger partial charge in [-0.3, -0.25) is 9.78 Å². The Labute approximate surface area is 159 Å². The van der Waals surface area contributed by atoms with Crippen LogP contribution in [0.15, 0.2) is 36.9 Å². The van der Waals surface area contributed by atoms with E-state index in [1.807, 2.05) is 41.8 Å². The van der Waals surface area contributed by atoms with Gasteiger partial charge in [-0.15, -0.1) is 0 Å². The standard InChI is InChI=1S/C20H27N5O2/c26-19(13-18-14-22-8-12-27-18)24-9-3-17(4-10-24)20-23-7-11-25(20)15-16-1-5-21-6-2-16/h1-2,5-7,11,17-18,22H,3-4,8-10,12-15H2. The maximum Gasteiger partial charge on any atom is 0.225 e. The molecule has 144 valence electrons. The minimum Gasteiger partial charge on any atom is -0.375 e. The molecule has 2 saturated heterocycles. The van der Waals surface area contributed by atoms with Crippen molar-refractivity contribution in [3.8, 4) is 0 Å². The molecule has 4 heterocycles. The first kappa shape index (κ1) is 18.1. The van der Waals surface area contributed by atoms with Gasteiger partial charge >= 0.3 is 0 Å². The number of rotatable bonds is 5. The first-order valence-corrected chi connectivity index (χ1v) is 9.79. The van der Waals surface area contributed by atoms with E-state index >= 15 is 0 Å². The number of carbonyl (C=O) groups is 1. The van der Waals surface area contributed by atoms with Crippen molar-refractivity contribution in [3.63, 3.8) is 0 Å². The van der Waals surface area contributed by atoms with Crippen LogP contribution < -0.4 is 5.32 Å². The number of nitrogens with one attached hydrogen (secondary N) is 1. The zero-order chi connectivity index (χ0) is 18.5. The van der Waals surface area contributed by atoms with E-state index in [0.29, 0.717) is 18.9 Å². The number of imidazole rings is 1. The van der Waals surface area contributed by atoms with Gasteiger partial charge in [0.25, 0.3) is 0 Å². The number of amides is 1. The predicted octanol–water partition coefficient (Wildman–Crippen LogP) is 1.41. The summed E-state index contributed by atoms with van der Waals surface area (Å²) in [7, 11) is 0. The zero-order valence-corrected chi connectivity index (χ0v) is 15.6. The first-order chi connectivity index (χ1) is 13.3. The average Bonchev–Trinajstić information content (AvgIpc) is 3.18. The van der Waals surface area contributed by atoms with Crippen molar-refractivity contribution < 1.29 is 9.53 Å². The molecule has 1 atom stereocenters. The Morgan fingerprint density at radius 2 is 2.04 bits per heavy atom. The summed E-state index contributed by atoms with van der Waals surface area (Å²) in [5, 5.41) is 3.28. The molecule has 2 aromatic heterocycles. The molecular weight excluding hydrogens is 342 g/mol. The molecule has 2 aliphatic rings. The average molecular weight is 369 g/mol. The monoisotopic (exact) mass is 369 g/mol. The van der Waals surface area contributed by atoms with Crippen molar-refractivity contribution in [3.05, 3.63) is 48.3 Å². The number of likely N-dealkylation sites (tertiary alicyclic amines) is 1. The van der Waals surface area contributed by atoms with Crippen LogP contribution in [-0.4, -0.2) is 64.2 Å². The van der Waals surface area contributed by atoms with Crippen LogP contribution in [-0.2, 0) is 16.1 Å². The number of hydrogen-bond donors (Lipinski definition) is 1. The van der Waals surface area contributed by atoms with Gasteiger partial charge in [0.15, 0.2) is 0 Å². The van der Waals surface area contributed by atoms with Gasteiger partial charge in [0.1, 0.15) is 5.82 Å². The Balaban J connectivity index is 1.32. The molecule has 2 aromatic rings. The van der Waals surface area contributed by atoms with Crippen LogP contribution in [0.5, 0.6) is 0 Å². The molecule has 4 rings (SSSR count). The third kappa shape index (κ3) is 4.54. The van der Waals surface area contributed by atoms with E-state index < -0.39 is 0 Å². The van der Waals surface area contributed by atoms with E-state index in [1.165, 1.54) is 5.56 Å². The molecule has 1 N–H and O–H groups in total. The topological polar surface area (TPSA) is 72.3 Å². The summed E-state index contributed by atoms with van der Waals surface area (Å²) in [5.74, 6) is 1.74. The largest absolute Gasteiger partial charge is 0.375 e. The van der Waals surface area contributed by atoms with Crippen molar-refractivity contribution in [1.82, 2.24) is 24.8 Å². The number of morpholine rings is 1. The summed E-state index contributed by atoms with van der Waals surface area (Å²) in [4.78, 5) is 23.2. The highest BCUT2D eigenvalue weighted by atomic mass is 16.5. The minimum absolute atomic E-state index is 0.0169. The molecule has 0 bridgehead atoms. The van der Waals surface area contributed by atoms with E-state index in [0.717, 1.165) is 51.4 Å². The summed E-state index contributed by atoms with van der Waals surface area (Å²) >= 11 is 0. The van der Waals surface area contributed by atoms with Crippen LogP contribution in [0.25, 0.3) is 0 Å². The molecule has 7 heteroatoms. The molecule has 0 spiro atoms. The molecule has 0 aliphatic carbocycles. The van der Waals surface area contributed by atoms with Crippen LogP contribution in [0.2, 0.25) is 0 Å². The molecular formula is C20H27N5O2. The van der Waals surface area contributed by atoms with Gasteiger partial charge in [-0.1, -0.05) is 0 Å². The number of piperidine rings is 1. The van der Waals surface area contributed by atoms with Crippen LogP contribution in [0.3, 0.4) is 0 Å². The van der Waals surface area contributed by atoms with Crippen molar-refractivity contribution in [1.29, 1.82) is 0 Å². The smallest absolute Gasteiger partial charge is 0.225 e. The van der Waals surface area contributed by atoms with E-state index in [4.69, 9.17) is 4.74 Å². The van der Waals surface area contributed by atoms with Gasteiger partial charge in [-0.05, 0) is 30.5 Å². The fraction of sp³-hybridized carbons (Fsp3) is 0.550.